The van der Waals surface area contributed by atoms with Gasteiger partial charge in [0.15, 0.2) is 17.7 Å². The van der Waals surface area contributed by atoms with Gasteiger partial charge in [0.05, 0.1) is 0 Å². The minimum absolute atomic E-state index is 0. The summed E-state index contributed by atoms with van der Waals surface area (Å²) in [5.74, 6) is -1.39. The molecule has 1 amide bonds. The summed E-state index contributed by atoms with van der Waals surface area (Å²) >= 11 is 5.45. The molecule has 1 N–H and O–H groups in total. The van der Waals surface area contributed by atoms with Crippen LogP contribution in [0.2, 0.25) is 5.15 Å². The average molecular weight is 479 g/mol. The standard InChI is InChI=1S/C9H6ClF3N2O2.3K.H3O4P/c1-3-8(16)15-7-6(17-3)4(9(11,12)13)2-5(10)14-7;;;;1-5(2,3)4/h2-3H,1H3,(H,14,15,16);;;;(H3,1,2,3,4)/q;3*+1;/p-3/t3-;;;;/m1..../s1. The Morgan fingerprint density at radius 1 is 1.28 bits per heavy atom. The summed E-state index contributed by atoms with van der Waals surface area (Å²) in [5, 5.41) is 1.84. The van der Waals surface area contributed by atoms with Crippen LogP contribution in [0.5, 0.6) is 5.75 Å². The zero-order valence-electron chi connectivity index (χ0n) is 13.5. The van der Waals surface area contributed by atoms with Gasteiger partial charge in [-0.25, -0.2) is 4.98 Å². The molecule has 0 saturated carbocycles. The van der Waals surface area contributed by atoms with Crippen LogP contribution in [0.1, 0.15) is 12.5 Å². The first-order valence-electron chi connectivity index (χ1n) is 5.27. The molecule has 1 aromatic rings. The molecule has 1 aliphatic heterocycles. The molecule has 0 aliphatic carbocycles. The second kappa shape index (κ2) is 13.7. The molecule has 2 heterocycles. The first-order valence-corrected chi connectivity index (χ1v) is 7.11. The van der Waals surface area contributed by atoms with Gasteiger partial charge in [-0.3, -0.25) is 4.79 Å². The fraction of sp³-hybridized carbons (Fsp3) is 0.333. The van der Waals surface area contributed by atoms with Crippen molar-refractivity contribution in [2.45, 2.75) is 19.2 Å². The van der Waals surface area contributed by atoms with E-state index in [0.29, 0.717) is 6.07 Å². The number of hydrogen-bond acceptors (Lipinski definition) is 7. The van der Waals surface area contributed by atoms with Crippen molar-refractivity contribution in [3.63, 3.8) is 0 Å². The molecule has 0 unspecified atom stereocenters. The summed E-state index contributed by atoms with van der Waals surface area (Å²) < 4.78 is 51.6. The average Bonchev–Trinajstić information content (AvgIpc) is 2.27. The molecule has 0 bridgehead atoms. The molecular weight excluding hydrogens is 473 g/mol. The molecule has 0 aromatic carbocycles. The van der Waals surface area contributed by atoms with Crippen LogP contribution in [0.4, 0.5) is 19.0 Å². The van der Waals surface area contributed by atoms with Crippen molar-refractivity contribution in [1.82, 2.24) is 4.98 Å². The van der Waals surface area contributed by atoms with Crippen LogP contribution in [-0.2, 0) is 15.5 Å². The number of pyridine rings is 1. The normalized spacial score (nSPS) is 15.5. The van der Waals surface area contributed by atoms with E-state index in [1.807, 2.05) is 0 Å². The minimum Gasteiger partial charge on any atom is -0.822 e. The van der Waals surface area contributed by atoms with E-state index < -0.39 is 37.3 Å². The number of halogens is 4. The zero-order chi connectivity index (χ0) is 17.3. The van der Waals surface area contributed by atoms with Gasteiger partial charge < -0.3 is 29.3 Å². The van der Waals surface area contributed by atoms with Gasteiger partial charge >= 0.3 is 160 Å². The number of nitrogens with zero attached hydrogens (tertiary/aromatic N) is 1. The Labute approximate surface area is 272 Å². The number of alkyl halides is 3. The van der Waals surface area contributed by atoms with Crippen LogP contribution < -0.4 is 179 Å². The first kappa shape index (κ1) is 33.2. The molecule has 1 aliphatic rings. The molecule has 8 nitrogen and oxygen atoms in total. The monoisotopic (exact) mass is 478 g/mol. The Bertz CT molecular complexity index is 639. The Balaban J connectivity index is -0.000000539. The number of amides is 1. The maximum absolute atomic E-state index is 12.7. The Morgan fingerprint density at radius 2 is 1.72 bits per heavy atom. The number of fused-ring (bicyclic) bond motifs is 1. The first-order chi connectivity index (χ1) is 9.79. The van der Waals surface area contributed by atoms with Crippen molar-refractivity contribution in [3.05, 3.63) is 16.8 Å². The quantitative estimate of drug-likeness (QED) is 0.222. The van der Waals surface area contributed by atoms with Gasteiger partial charge in [-0.2, -0.15) is 21.0 Å². The molecule has 124 valence electrons. The van der Waals surface area contributed by atoms with Crippen LogP contribution >= 0.6 is 19.4 Å². The van der Waals surface area contributed by atoms with Crippen molar-refractivity contribution >= 4 is 31.1 Å². The van der Waals surface area contributed by atoms with E-state index in [9.17, 15) is 18.0 Å². The number of carbonyl (C=O) groups is 1. The van der Waals surface area contributed by atoms with E-state index in [1.54, 1.807) is 0 Å². The van der Waals surface area contributed by atoms with Crippen LogP contribution in [0.3, 0.4) is 0 Å². The summed E-state index contributed by atoms with van der Waals surface area (Å²) in [6.45, 7) is 1.34. The molecule has 25 heavy (non-hydrogen) atoms. The number of aromatic nitrogens is 1. The van der Waals surface area contributed by atoms with E-state index in [-0.39, 0.29) is 165 Å². The molecule has 0 saturated heterocycles. The van der Waals surface area contributed by atoms with Crippen LogP contribution in [-0.4, -0.2) is 17.0 Å². The summed E-state index contributed by atoms with van der Waals surface area (Å²) in [5.41, 5.74) is -1.06. The third-order valence-corrected chi connectivity index (χ3v) is 2.35. The van der Waals surface area contributed by atoms with Gasteiger partial charge in [-0.05, 0) is 13.0 Å². The topological polar surface area (TPSA) is 137 Å². The van der Waals surface area contributed by atoms with Crippen molar-refractivity contribution in [2.75, 3.05) is 5.32 Å². The van der Waals surface area contributed by atoms with Gasteiger partial charge in [-0.15, -0.1) is 0 Å². The predicted molar refractivity (Wildman–Crippen MR) is 60.6 cm³/mol. The second-order valence-corrected chi connectivity index (χ2v) is 5.15. The number of rotatable bonds is 0. The number of nitrogens with one attached hydrogen (secondary N) is 1. The number of carbonyl (C=O) groups excluding carboxylic acids is 1. The van der Waals surface area contributed by atoms with Crippen LogP contribution in [0.15, 0.2) is 6.07 Å². The summed E-state index contributed by atoms with van der Waals surface area (Å²) in [7, 11) is -5.39. The maximum Gasteiger partial charge on any atom is 1.00 e. The maximum atomic E-state index is 12.7. The number of hydrogen-bond donors (Lipinski definition) is 1. The van der Waals surface area contributed by atoms with Crippen LogP contribution in [0.25, 0.3) is 0 Å². The molecule has 0 fully saturated rings. The van der Waals surface area contributed by atoms with Gasteiger partial charge in [-0.1, -0.05) is 11.6 Å². The zero-order valence-corrected chi connectivity index (χ0v) is 24.5. The smallest absolute Gasteiger partial charge is 0.822 e. The molecule has 1 aromatic heterocycles. The minimum atomic E-state index is -5.39. The summed E-state index contributed by atoms with van der Waals surface area (Å²) in [4.78, 5) is 40.5. The molecular formula is C9H6ClF3K3N2O6P. The van der Waals surface area contributed by atoms with Crippen molar-refractivity contribution in [2.24, 2.45) is 0 Å². The number of ether oxygens (including phenoxy) is 1. The fourth-order valence-corrected chi connectivity index (χ4v) is 1.56. The van der Waals surface area contributed by atoms with Gasteiger partial charge in [0.25, 0.3) is 5.91 Å². The summed E-state index contributed by atoms with van der Waals surface area (Å²) in [6.07, 6.45) is -5.63. The Hall–Kier alpha value is 3.52. The molecule has 0 spiro atoms. The van der Waals surface area contributed by atoms with E-state index in [0.717, 1.165) is 0 Å². The molecule has 16 heteroatoms. The van der Waals surface area contributed by atoms with Crippen molar-refractivity contribution < 1.29 is 196 Å². The van der Waals surface area contributed by atoms with E-state index in [2.05, 4.69) is 10.3 Å². The Morgan fingerprint density at radius 3 is 2.12 bits per heavy atom. The van der Waals surface area contributed by atoms with Gasteiger partial charge in [0.1, 0.15) is 10.7 Å². The van der Waals surface area contributed by atoms with Crippen molar-refractivity contribution in [1.29, 1.82) is 0 Å². The van der Waals surface area contributed by atoms with Crippen molar-refractivity contribution in [3.8, 4) is 5.75 Å². The number of phosphoric acid groups is 1. The molecule has 0 radical (unpaired) electrons. The van der Waals surface area contributed by atoms with E-state index >= 15 is 0 Å². The largest absolute Gasteiger partial charge is 1.00 e. The fourth-order valence-electron chi connectivity index (χ4n) is 1.37. The predicted octanol–water partition coefficient (Wildman–Crippen LogP) is -9.34. The number of anilines is 1. The van der Waals surface area contributed by atoms with Crippen LogP contribution in [0, 0.1) is 0 Å². The van der Waals surface area contributed by atoms with Gasteiger partial charge in [0.2, 0.25) is 0 Å². The van der Waals surface area contributed by atoms with E-state index in [4.69, 9.17) is 35.6 Å². The molecule has 1 atom stereocenters. The summed E-state index contributed by atoms with van der Waals surface area (Å²) in [6, 6.07) is 0.657. The Kier molecular flexibility index (Phi) is 18.2. The SMILES string of the molecule is C[C@H]1Oc2c(C(F)(F)F)cc(Cl)nc2NC1=O.O=P([O-])([O-])[O-].[K+].[K+].[K+]. The third kappa shape index (κ3) is 12.7. The van der Waals surface area contributed by atoms with Gasteiger partial charge in [0, 0.05) is 0 Å². The third-order valence-electron chi connectivity index (χ3n) is 2.15. The molecule has 2 rings (SSSR count). The van der Waals surface area contributed by atoms with E-state index in [1.165, 1.54) is 6.92 Å². The second-order valence-electron chi connectivity index (χ2n) is 3.86.